The van der Waals surface area contributed by atoms with E-state index in [0.717, 1.165) is 15.4 Å². The number of carbonyl (C=O) groups excluding carboxylic acids is 2. The molecule has 0 aliphatic carbocycles. The SMILES string of the molecule is COc1ccc(N2C(=O)/C(=C/c3ccc(Sc4ccc(C)cc4)cc3)C(=O)NC2=S)cc1. The van der Waals surface area contributed by atoms with Crippen LogP contribution in [0.15, 0.2) is 88.2 Å². The normalized spacial score (nSPS) is 15.1. The topological polar surface area (TPSA) is 58.6 Å². The predicted octanol–water partition coefficient (Wildman–Crippen LogP) is 4.99. The molecule has 1 aliphatic rings. The molecule has 7 heteroatoms. The zero-order chi connectivity index (χ0) is 22.7. The molecule has 0 radical (unpaired) electrons. The van der Waals surface area contributed by atoms with Gasteiger partial charge in [0.1, 0.15) is 11.3 Å². The van der Waals surface area contributed by atoms with Crippen LogP contribution in [-0.4, -0.2) is 24.0 Å². The van der Waals surface area contributed by atoms with Crippen molar-refractivity contribution in [3.05, 3.63) is 89.5 Å². The predicted molar refractivity (Wildman–Crippen MR) is 131 cm³/mol. The highest BCUT2D eigenvalue weighted by Crippen LogP contribution is 2.29. The molecule has 0 aromatic heterocycles. The maximum absolute atomic E-state index is 13.1. The zero-order valence-corrected chi connectivity index (χ0v) is 19.1. The number of amides is 2. The number of carbonyl (C=O) groups is 2. The number of aryl methyl sites for hydroxylation is 1. The first-order valence-corrected chi connectivity index (χ1v) is 11.1. The zero-order valence-electron chi connectivity index (χ0n) is 17.5. The van der Waals surface area contributed by atoms with Crippen LogP contribution in [0.4, 0.5) is 5.69 Å². The van der Waals surface area contributed by atoms with Gasteiger partial charge in [-0.1, -0.05) is 41.6 Å². The van der Waals surface area contributed by atoms with Gasteiger partial charge in [-0.3, -0.25) is 19.8 Å². The van der Waals surface area contributed by atoms with Gasteiger partial charge in [-0.15, -0.1) is 0 Å². The molecular formula is C25H20N2O3S2. The highest BCUT2D eigenvalue weighted by molar-refractivity contribution is 7.99. The fraction of sp³-hybridized carbons (Fsp3) is 0.0800. The van der Waals surface area contributed by atoms with E-state index in [4.69, 9.17) is 17.0 Å². The molecule has 160 valence electrons. The first-order valence-electron chi connectivity index (χ1n) is 9.85. The Kier molecular flexibility index (Phi) is 6.39. The number of ether oxygens (including phenoxy) is 1. The lowest BCUT2D eigenvalue weighted by Gasteiger charge is -2.29. The van der Waals surface area contributed by atoms with Gasteiger partial charge >= 0.3 is 0 Å². The summed E-state index contributed by atoms with van der Waals surface area (Å²) in [6.07, 6.45) is 1.58. The van der Waals surface area contributed by atoms with Crippen LogP contribution in [-0.2, 0) is 9.59 Å². The highest BCUT2D eigenvalue weighted by Gasteiger charge is 2.34. The van der Waals surface area contributed by atoms with Gasteiger partial charge in [-0.25, -0.2) is 0 Å². The molecule has 32 heavy (non-hydrogen) atoms. The molecule has 3 aromatic rings. The number of hydrogen-bond acceptors (Lipinski definition) is 5. The summed E-state index contributed by atoms with van der Waals surface area (Å²) in [4.78, 5) is 29.1. The minimum absolute atomic E-state index is 0.0216. The molecule has 3 aromatic carbocycles. The minimum Gasteiger partial charge on any atom is -0.497 e. The number of nitrogens with one attached hydrogen (secondary N) is 1. The van der Waals surface area contributed by atoms with Crippen LogP contribution in [0.5, 0.6) is 5.75 Å². The number of anilines is 1. The summed E-state index contributed by atoms with van der Waals surface area (Å²) in [6.45, 7) is 2.06. The van der Waals surface area contributed by atoms with Crippen molar-refractivity contribution < 1.29 is 14.3 Å². The van der Waals surface area contributed by atoms with Gasteiger partial charge in [0.2, 0.25) is 0 Å². The maximum Gasteiger partial charge on any atom is 0.270 e. The molecule has 2 amide bonds. The number of rotatable bonds is 5. The van der Waals surface area contributed by atoms with E-state index in [9.17, 15) is 9.59 Å². The number of methoxy groups -OCH3 is 1. The molecule has 1 fully saturated rings. The molecule has 1 saturated heterocycles. The van der Waals surface area contributed by atoms with Gasteiger partial charge < -0.3 is 4.74 Å². The van der Waals surface area contributed by atoms with Gasteiger partial charge in [-0.2, -0.15) is 0 Å². The monoisotopic (exact) mass is 460 g/mol. The minimum atomic E-state index is -0.511. The van der Waals surface area contributed by atoms with E-state index in [1.165, 1.54) is 10.5 Å². The van der Waals surface area contributed by atoms with E-state index >= 15 is 0 Å². The third-order valence-corrected chi connectivity index (χ3v) is 6.18. The molecular weight excluding hydrogens is 440 g/mol. The summed E-state index contributed by atoms with van der Waals surface area (Å²) in [6, 6.07) is 22.9. The molecule has 1 N–H and O–H groups in total. The standard InChI is InChI=1S/C25H20N2O3S2/c1-16-3-11-20(12-4-16)32-21-13-5-17(6-14-21)15-22-23(28)26-25(31)27(24(22)29)18-7-9-19(30-2)10-8-18/h3-15H,1-2H3,(H,26,28,31)/b22-15+. The van der Waals surface area contributed by atoms with Crippen molar-refractivity contribution in [1.29, 1.82) is 0 Å². The van der Waals surface area contributed by atoms with Crippen LogP contribution in [0.3, 0.4) is 0 Å². The number of hydrogen-bond donors (Lipinski definition) is 1. The average molecular weight is 461 g/mol. The lowest BCUT2D eigenvalue weighted by molar-refractivity contribution is -0.122. The Hall–Kier alpha value is -3.42. The van der Waals surface area contributed by atoms with Gasteiger partial charge in [0.05, 0.1) is 12.8 Å². The number of nitrogens with zero attached hydrogens (tertiary/aromatic N) is 1. The Balaban J connectivity index is 1.56. The van der Waals surface area contributed by atoms with E-state index in [1.807, 2.05) is 24.3 Å². The van der Waals surface area contributed by atoms with E-state index in [1.54, 1.807) is 49.2 Å². The van der Waals surface area contributed by atoms with Gasteiger partial charge in [0.15, 0.2) is 5.11 Å². The Morgan fingerprint density at radius 3 is 2.09 bits per heavy atom. The molecule has 0 spiro atoms. The summed E-state index contributed by atoms with van der Waals surface area (Å²) in [5.41, 5.74) is 2.54. The molecule has 1 heterocycles. The summed E-state index contributed by atoms with van der Waals surface area (Å²) in [7, 11) is 1.57. The summed E-state index contributed by atoms with van der Waals surface area (Å²) in [5.74, 6) is -0.322. The van der Waals surface area contributed by atoms with Crippen LogP contribution in [0.2, 0.25) is 0 Å². The summed E-state index contributed by atoms with van der Waals surface area (Å²) in [5, 5.41) is 2.65. The molecule has 0 atom stereocenters. The van der Waals surface area contributed by atoms with E-state index in [-0.39, 0.29) is 10.7 Å². The second kappa shape index (κ2) is 9.38. The van der Waals surface area contributed by atoms with Gasteiger partial charge in [0, 0.05) is 9.79 Å². The van der Waals surface area contributed by atoms with Crippen molar-refractivity contribution >= 4 is 52.7 Å². The quantitative estimate of drug-likeness (QED) is 0.330. The molecule has 0 saturated carbocycles. The van der Waals surface area contributed by atoms with E-state index in [0.29, 0.717) is 11.4 Å². The third-order valence-electron chi connectivity index (χ3n) is 4.88. The van der Waals surface area contributed by atoms with Crippen molar-refractivity contribution in [1.82, 2.24) is 5.32 Å². The van der Waals surface area contributed by atoms with Crippen molar-refractivity contribution in [2.24, 2.45) is 0 Å². The summed E-state index contributed by atoms with van der Waals surface area (Å²) < 4.78 is 5.16. The van der Waals surface area contributed by atoms with Crippen LogP contribution in [0.25, 0.3) is 6.08 Å². The van der Waals surface area contributed by atoms with Crippen molar-refractivity contribution in [3.8, 4) is 5.75 Å². The average Bonchev–Trinajstić information content (AvgIpc) is 2.79. The molecule has 0 unspecified atom stereocenters. The van der Waals surface area contributed by atoms with Crippen LogP contribution >= 0.6 is 24.0 Å². The summed E-state index contributed by atoms with van der Waals surface area (Å²) >= 11 is 6.89. The molecule has 5 nitrogen and oxygen atoms in total. The lowest BCUT2D eigenvalue weighted by atomic mass is 10.1. The van der Waals surface area contributed by atoms with Gasteiger partial charge in [0.25, 0.3) is 11.8 Å². The van der Waals surface area contributed by atoms with Crippen molar-refractivity contribution in [3.63, 3.8) is 0 Å². The maximum atomic E-state index is 13.1. The fourth-order valence-electron chi connectivity index (χ4n) is 3.16. The largest absolute Gasteiger partial charge is 0.497 e. The Morgan fingerprint density at radius 1 is 0.906 bits per heavy atom. The van der Waals surface area contributed by atoms with Crippen LogP contribution in [0.1, 0.15) is 11.1 Å². The Labute approximate surface area is 196 Å². The number of benzene rings is 3. The third kappa shape index (κ3) is 4.74. The molecule has 0 bridgehead atoms. The molecule has 4 rings (SSSR count). The first kappa shape index (κ1) is 21.8. The smallest absolute Gasteiger partial charge is 0.270 e. The van der Waals surface area contributed by atoms with Crippen molar-refractivity contribution in [2.75, 3.05) is 12.0 Å². The second-order valence-electron chi connectivity index (χ2n) is 7.14. The number of thiocarbonyl (C=S) groups is 1. The first-order chi connectivity index (χ1) is 15.4. The lowest BCUT2D eigenvalue weighted by Crippen LogP contribution is -2.54. The van der Waals surface area contributed by atoms with Gasteiger partial charge in [-0.05, 0) is 79.3 Å². The Morgan fingerprint density at radius 2 is 1.50 bits per heavy atom. The van der Waals surface area contributed by atoms with Crippen molar-refractivity contribution in [2.45, 2.75) is 16.7 Å². The Bertz CT molecular complexity index is 1200. The van der Waals surface area contributed by atoms with Crippen LogP contribution < -0.4 is 15.0 Å². The fourth-order valence-corrected chi connectivity index (χ4v) is 4.26. The van der Waals surface area contributed by atoms with E-state index in [2.05, 4.69) is 36.5 Å². The highest BCUT2D eigenvalue weighted by atomic mass is 32.2. The van der Waals surface area contributed by atoms with E-state index < -0.39 is 11.8 Å². The molecule has 1 aliphatic heterocycles. The van der Waals surface area contributed by atoms with Crippen LogP contribution in [0, 0.1) is 6.92 Å². The second-order valence-corrected chi connectivity index (χ2v) is 8.67.